The lowest BCUT2D eigenvalue weighted by Gasteiger charge is -2.13. The van der Waals surface area contributed by atoms with Gasteiger partial charge in [0.25, 0.3) is 0 Å². The fourth-order valence-corrected chi connectivity index (χ4v) is 2.30. The smallest absolute Gasteiger partial charge is 0.246 e. The van der Waals surface area contributed by atoms with Crippen LogP contribution in [0.3, 0.4) is 0 Å². The third-order valence-corrected chi connectivity index (χ3v) is 3.72. The molecule has 1 aliphatic rings. The van der Waals surface area contributed by atoms with Gasteiger partial charge in [-0.1, -0.05) is 28.1 Å². The number of carbonyl (C=O) groups excluding carboxylic acids is 2. The van der Waals surface area contributed by atoms with Crippen LogP contribution >= 0.6 is 15.9 Å². The summed E-state index contributed by atoms with van der Waals surface area (Å²) in [5.41, 5.74) is 6.20. The van der Waals surface area contributed by atoms with E-state index in [1.165, 1.54) is 6.08 Å². The average molecular weight is 323 g/mol. The first-order chi connectivity index (χ1) is 9.06. The molecule has 0 aliphatic carbocycles. The SMILES string of the molecule is NC(=O)C1CCN(C(=O)/C=C/c2ccc(Br)cc2)C1. The first-order valence-electron chi connectivity index (χ1n) is 6.08. The van der Waals surface area contributed by atoms with Gasteiger partial charge in [-0.3, -0.25) is 9.59 Å². The molecule has 0 spiro atoms. The van der Waals surface area contributed by atoms with Gasteiger partial charge >= 0.3 is 0 Å². The van der Waals surface area contributed by atoms with Crippen molar-refractivity contribution in [2.75, 3.05) is 13.1 Å². The van der Waals surface area contributed by atoms with Crippen LogP contribution in [0.2, 0.25) is 0 Å². The molecule has 1 saturated heterocycles. The minimum Gasteiger partial charge on any atom is -0.369 e. The summed E-state index contributed by atoms with van der Waals surface area (Å²) in [5.74, 6) is -0.608. The highest BCUT2D eigenvalue weighted by Crippen LogP contribution is 2.16. The van der Waals surface area contributed by atoms with E-state index in [0.29, 0.717) is 19.5 Å². The van der Waals surface area contributed by atoms with Gasteiger partial charge in [0, 0.05) is 23.6 Å². The van der Waals surface area contributed by atoms with E-state index in [-0.39, 0.29) is 17.7 Å². The molecule has 0 radical (unpaired) electrons. The topological polar surface area (TPSA) is 63.4 Å². The van der Waals surface area contributed by atoms with Crippen LogP contribution < -0.4 is 5.73 Å². The molecule has 0 saturated carbocycles. The van der Waals surface area contributed by atoms with Gasteiger partial charge in [-0.2, -0.15) is 0 Å². The number of rotatable bonds is 3. The third kappa shape index (κ3) is 3.67. The Bertz CT molecular complexity index is 511. The van der Waals surface area contributed by atoms with E-state index in [9.17, 15) is 9.59 Å². The van der Waals surface area contributed by atoms with Crippen molar-refractivity contribution in [2.24, 2.45) is 11.7 Å². The standard InChI is InChI=1S/C14H15BrN2O2/c15-12-4-1-10(2-5-12)3-6-13(18)17-8-7-11(9-17)14(16)19/h1-6,11H,7-9H2,(H2,16,19)/b6-3+. The molecule has 1 aromatic rings. The van der Waals surface area contributed by atoms with Crippen molar-refractivity contribution in [2.45, 2.75) is 6.42 Å². The van der Waals surface area contributed by atoms with Gasteiger partial charge in [0.15, 0.2) is 0 Å². The highest BCUT2D eigenvalue weighted by molar-refractivity contribution is 9.10. The number of amides is 2. The number of likely N-dealkylation sites (tertiary alicyclic amines) is 1. The molecule has 100 valence electrons. The number of nitrogens with two attached hydrogens (primary N) is 1. The van der Waals surface area contributed by atoms with Crippen molar-refractivity contribution in [1.82, 2.24) is 4.90 Å². The van der Waals surface area contributed by atoms with Crippen molar-refractivity contribution in [3.63, 3.8) is 0 Å². The molecule has 1 unspecified atom stereocenters. The minimum absolute atomic E-state index is 0.0772. The quantitative estimate of drug-likeness (QED) is 0.862. The molecule has 1 fully saturated rings. The predicted octanol–water partition coefficient (Wildman–Crippen LogP) is 1.80. The minimum atomic E-state index is -0.327. The van der Waals surface area contributed by atoms with Gasteiger partial charge in [0.2, 0.25) is 11.8 Å². The largest absolute Gasteiger partial charge is 0.369 e. The van der Waals surface area contributed by atoms with Gasteiger partial charge in [-0.15, -0.1) is 0 Å². The number of hydrogen-bond donors (Lipinski definition) is 1. The zero-order valence-electron chi connectivity index (χ0n) is 10.4. The van der Waals surface area contributed by atoms with Crippen LogP contribution in [0.5, 0.6) is 0 Å². The summed E-state index contributed by atoms with van der Waals surface area (Å²) in [7, 11) is 0. The Hall–Kier alpha value is -1.62. The number of nitrogens with zero attached hydrogens (tertiary/aromatic N) is 1. The third-order valence-electron chi connectivity index (χ3n) is 3.19. The van der Waals surface area contributed by atoms with Gasteiger partial charge < -0.3 is 10.6 Å². The highest BCUT2D eigenvalue weighted by Gasteiger charge is 2.28. The second kappa shape index (κ2) is 6.02. The van der Waals surface area contributed by atoms with Crippen LogP contribution in [0.4, 0.5) is 0 Å². The molecule has 1 heterocycles. The van der Waals surface area contributed by atoms with E-state index in [0.717, 1.165) is 10.0 Å². The van der Waals surface area contributed by atoms with Crippen LogP contribution in [0.1, 0.15) is 12.0 Å². The van der Waals surface area contributed by atoms with E-state index in [1.54, 1.807) is 11.0 Å². The van der Waals surface area contributed by atoms with Crippen molar-refractivity contribution in [3.05, 3.63) is 40.4 Å². The number of benzene rings is 1. The maximum Gasteiger partial charge on any atom is 0.246 e. The van der Waals surface area contributed by atoms with E-state index in [1.807, 2.05) is 24.3 Å². The van der Waals surface area contributed by atoms with Crippen LogP contribution in [0.15, 0.2) is 34.8 Å². The Kier molecular flexibility index (Phi) is 4.37. The monoisotopic (exact) mass is 322 g/mol. The highest BCUT2D eigenvalue weighted by atomic mass is 79.9. The lowest BCUT2D eigenvalue weighted by Crippen LogP contribution is -2.30. The van der Waals surface area contributed by atoms with Crippen molar-refractivity contribution < 1.29 is 9.59 Å². The first kappa shape index (κ1) is 13.8. The molecule has 2 rings (SSSR count). The second-order valence-electron chi connectivity index (χ2n) is 4.56. The zero-order chi connectivity index (χ0) is 13.8. The first-order valence-corrected chi connectivity index (χ1v) is 6.87. The second-order valence-corrected chi connectivity index (χ2v) is 5.47. The maximum absolute atomic E-state index is 11.9. The summed E-state index contributed by atoms with van der Waals surface area (Å²) in [6.45, 7) is 1.02. The normalized spacial score (nSPS) is 19.0. The Labute approximate surface area is 120 Å². The molecule has 1 aromatic carbocycles. The fraction of sp³-hybridized carbons (Fsp3) is 0.286. The summed E-state index contributed by atoms with van der Waals surface area (Å²) in [6.07, 6.45) is 3.96. The van der Waals surface area contributed by atoms with Crippen molar-refractivity contribution in [1.29, 1.82) is 0 Å². The Morgan fingerprint density at radius 2 is 2.00 bits per heavy atom. The maximum atomic E-state index is 11.9. The van der Waals surface area contributed by atoms with E-state index < -0.39 is 0 Å². The Morgan fingerprint density at radius 3 is 2.58 bits per heavy atom. The number of hydrogen-bond acceptors (Lipinski definition) is 2. The molecular weight excluding hydrogens is 308 g/mol. The lowest BCUT2D eigenvalue weighted by atomic mass is 10.1. The molecular formula is C14H15BrN2O2. The molecule has 0 bridgehead atoms. The molecule has 1 atom stereocenters. The molecule has 4 nitrogen and oxygen atoms in total. The molecule has 2 N–H and O–H groups in total. The fourth-order valence-electron chi connectivity index (χ4n) is 2.04. The Balaban J connectivity index is 1.94. The zero-order valence-corrected chi connectivity index (χ0v) is 12.0. The Morgan fingerprint density at radius 1 is 1.32 bits per heavy atom. The van der Waals surface area contributed by atoms with Gasteiger partial charge in [-0.05, 0) is 30.2 Å². The van der Waals surface area contributed by atoms with Crippen LogP contribution in [0.25, 0.3) is 6.08 Å². The van der Waals surface area contributed by atoms with Crippen molar-refractivity contribution >= 4 is 33.8 Å². The lowest BCUT2D eigenvalue weighted by molar-refractivity contribution is -0.125. The summed E-state index contributed by atoms with van der Waals surface area (Å²) in [5, 5.41) is 0. The number of carbonyl (C=O) groups is 2. The van der Waals surface area contributed by atoms with E-state index in [2.05, 4.69) is 15.9 Å². The molecule has 2 amide bonds. The van der Waals surface area contributed by atoms with Crippen LogP contribution in [-0.2, 0) is 9.59 Å². The van der Waals surface area contributed by atoms with Gasteiger partial charge in [0.1, 0.15) is 0 Å². The average Bonchev–Trinajstić information content (AvgIpc) is 2.87. The summed E-state index contributed by atoms with van der Waals surface area (Å²) >= 11 is 3.36. The van der Waals surface area contributed by atoms with Crippen molar-refractivity contribution in [3.8, 4) is 0 Å². The van der Waals surface area contributed by atoms with Gasteiger partial charge in [-0.25, -0.2) is 0 Å². The predicted molar refractivity (Wildman–Crippen MR) is 77.1 cm³/mol. The van der Waals surface area contributed by atoms with Crippen LogP contribution in [-0.4, -0.2) is 29.8 Å². The summed E-state index contributed by atoms with van der Waals surface area (Å²) in [6, 6.07) is 7.68. The molecule has 5 heteroatoms. The van der Waals surface area contributed by atoms with Crippen LogP contribution in [0, 0.1) is 5.92 Å². The van der Waals surface area contributed by atoms with E-state index >= 15 is 0 Å². The van der Waals surface area contributed by atoms with E-state index in [4.69, 9.17) is 5.73 Å². The van der Waals surface area contributed by atoms with Gasteiger partial charge in [0.05, 0.1) is 5.92 Å². The number of primary amides is 1. The summed E-state index contributed by atoms with van der Waals surface area (Å²) in [4.78, 5) is 24.6. The summed E-state index contributed by atoms with van der Waals surface area (Å²) < 4.78 is 1.000. The number of halogens is 1. The molecule has 0 aromatic heterocycles. The molecule has 19 heavy (non-hydrogen) atoms. The molecule has 1 aliphatic heterocycles.